The largest absolute Gasteiger partial charge is 0.496 e. The molecule has 106 valence electrons. The van der Waals surface area contributed by atoms with Crippen LogP contribution in [0.1, 0.15) is 25.3 Å². The van der Waals surface area contributed by atoms with Crippen molar-refractivity contribution in [3.05, 3.63) is 28.2 Å². The molecule has 0 saturated heterocycles. The number of rotatable bonds is 7. The number of carbonyl (C=O) groups is 1. The molecule has 0 saturated carbocycles. The van der Waals surface area contributed by atoms with Crippen molar-refractivity contribution < 1.29 is 14.6 Å². The van der Waals surface area contributed by atoms with E-state index >= 15 is 0 Å². The topological polar surface area (TPSA) is 58.6 Å². The minimum Gasteiger partial charge on any atom is -0.496 e. The van der Waals surface area contributed by atoms with Gasteiger partial charge < -0.3 is 15.2 Å². The third-order valence-electron chi connectivity index (χ3n) is 2.94. The molecule has 0 fully saturated rings. The lowest BCUT2D eigenvalue weighted by atomic mass is 10.1. The lowest BCUT2D eigenvalue weighted by Crippen LogP contribution is -2.37. The molecule has 0 heterocycles. The molecule has 0 aromatic heterocycles. The maximum atomic E-state index is 11.7. The minimum absolute atomic E-state index is 0.0175. The van der Waals surface area contributed by atoms with Gasteiger partial charge in [-0.1, -0.05) is 13.0 Å². The van der Waals surface area contributed by atoms with Crippen LogP contribution in [0, 0.1) is 0 Å². The summed E-state index contributed by atoms with van der Waals surface area (Å²) in [6.45, 7) is 1.91. The third kappa shape index (κ3) is 5.20. The smallest absolute Gasteiger partial charge is 0.220 e. The number of aliphatic hydroxyl groups excluding tert-OH is 1. The molecule has 1 amide bonds. The molecule has 19 heavy (non-hydrogen) atoms. The van der Waals surface area contributed by atoms with Gasteiger partial charge in [-0.15, -0.1) is 0 Å². The average molecular weight is 330 g/mol. The molecule has 2 N–H and O–H groups in total. The number of halogens is 1. The van der Waals surface area contributed by atoms with Crippen LogP contribution >= 0.6 is 15.9 Å². The fourth-order valence-electron chi connectivity index (χ4n) is 1.70. The Hall–Kier alpha value is -1.07. The normalized spacial score (nSPS) is 12.0. The summed E-state index contributed by atoms with van der Waals surface area (Å²) in [4.78, 5) is 11.7. The van der Waals surface area contributed by atoms with Crippen LogP contribution in [0.15, 0.2) is 22.7 Å². The van der Waals surface area contributed by atoms with Crippen molar-refractivity contribution in [2.75, 3.05) is 13.7 Å². The van der Waals surface area contributed by atoms with Gasteiger partial charge >= 0.3 is 0 Å². The van der Waals surface area contributed by atoms with E-state index in [9.17, 15) is 4.79 Å². The summed E-state index contributed by atoms with van der Waals surface area (Å²) in [5.41, 5.74) is 1.07. The number of nitrogens with one attached hydrogen (secondary N) is 1. The molecule has 0 unspecified atom stereocenters. The number of hydrogen-bond acceptors (Lipinski definition) is 3. The van der Waals surface area contributed by atoms with Gasteiger partial charge in [0.15, 0.2) is 0 Å². The Morgan fingerprint density at radius 3 is 2.79 bits per heavy atom. The fourth-order valence-corrected chi connectivity index (χ4v) is 2.29. The van der Waals surface area contributed by atoms with Crippen molar-refractivity contribution in [1.29, 1.82) is 0 Å². The third-order valence-corrected chi connectivity index (χ3v) is 3.55. The number of methoxy groups -OCH3 is 1. The quantitative estimate of drug-likeness (QED) is 0.806. The van der Waals surface area contributed by atoms with Crippen molar-refractivity contribution in [2.45, 2.75) is 32.2 Å². The Morgan fingerprint density at radius 1 is 1.53 bits per heavy atom. The molecule has 0 aliphatic heterocycles. The van der Waals surface area contributed by atoms with E-state index < -0.39 is 0 Å². The van der Waals surface area contributed by atoms with Gasteiger partial charge in [-0.25, -0.2) is 0 Å². The molecule has 0 aliphatic carbocycles. The summed E-state index contributed by atoms with van der Waals surface area (Å²) in [5.74, 6) is 0.743. The zero-order valence-electron chi connectivity index (χ0n) is 11.3. The maximum absolute atomic E-state index is 11.7. The van der Waals surface area contributed by atoms with Crippen LogP contribution in [0.25, 0.3) is 0 Å². The van der Waals surface area contributed by atoms with Crippen molar-refractivity contribution in [3.8, 4) is 5.75 Å². The molecule has 1 aromatic rings. The zero-order chi connectivity index (χ0) is 14.3. The Morgan fingerprint density at radius 2 is 2.26 bits per heavy atom. The fraction of sp³-hybridized carbons (Fsp3) is 0.500. The molecule has 0 radical (unpaired) electrons. The first-order valence-electron chi connectivity index (χ1n) is 6.33. The van der Waals surface area contributed by atoms with Crippen LogP contribution in [0.5, 0.6) is 5.75 Å². The highest BCUT2D eigenvalue weighted by molar-refractivity contribution is 9.10. The Balaban J connectivity index is 2.48. The van der Waals surface area contributed by atoms with Gasteiger partial charge in [-0.05, 0) is 46.5 Å². The van der Waals surface area contributed by atoms with E-state index in [1.165, 1.54) is 0 Å². The van der Waals surface area contributed by atoms with E-state index in [1.54, 1.807) is 7.11 Å². The first kappa shape index (κ1) is 16.0. The van der Waals surface area contributed by atoms with Crippen molar-refractivity contribution >= 4 is 21.8 Å². The van der Waals surface area contributed by atoms with E-state index in [2.05, 4.69) is 21.2 Å². The van der Waals surface area contributed by atoms with Crippen LogP contribution in [0.3, 0.4) is 0 Å². The number of carbonyl (C=O) groups excluding carboxylic acids is 1. The second-order valence-corrected chi connectivity index (χ2v) is 5.18. The Labute approximate surface area is 122 Å². The predicted octanol–water partition coefficient (Wildman–Crippen LogP) is 2.28. The molecule has 1 aromatic carbocycles. The van der Waals surface area contributed by atoms with Crippen LogP contribution in [0.2, 0.25) is 0 Å². The van der Waals surface area contributed by atoms with Crippen molar-refractivity contribution in [2.24, 2.45) is 0 Å². The molecular formula is C14H20BrNO3. The lowest BCUT2D eigenvalue weighted by molar-refractivity contribution is -0.122. The first-order valence-corrected chi connectivity index (χ1v) is 7.12. The number of amides is 1. The summed E-state index contributed by atoms with van der Waals surface area (Å²) in [7, 11) is 1.62. The Kier molecular flexibility index (Phi) is 6.87. The standard InChI is InChI=1S/C14H20BrNO3/c1-3-11(9-17)16-14(18)7-5-10-4-6-13(19-2)12(15)8-10/h4,6,8,11,17H,3,5,7,9H2,1-2H3,(H,16,18)/t11-/m1/s1. The predicted molar refractivity (Wildman–Crippen MR) is 78.3 cm³/mol. The van der Waals surface area contributed by atoms with E-state index in [1.807, 2.05) is 25.1 Å². The minimum atomic E-state index is -0.143. The molecular weight excluding hydrogens is 310 g/mol. The van der Waals surface area contributed by atoms with Crippen LogP contribution in [-0.4, -0.2) is 30.8 Å². The lowest BCUT2D eigenvalue weighted by Gasteiger charge is -2.14. The van der Waals surface area contributed by atoms with Gasteiger partial charge in [0.25, 0.3) is 0 Å². The van der Waals surface area contributed by atoms with Gasteiger partial charge in [-0.3, -0.25) is 4.79 Å². The van der Waals surface area contributed by atoms with Gasteiger partial charge in [-0.2, -0.15) is 0 Å². The summed E-state index contributed by atoms with van der Waals surface area (Å²) in [6.07, 6.45) is 1.81. The summed E-state index contributed by atoms with van der Waals surface area (Å²) >= 11 is 3.42. The average Bonchev–Trinajstić information content (AvgIpc) is 2.42. The molecule has 0 bridgehead atoms. The second-order valence-electron chi connectivity index (χ2n) is 4.32. The van der Waals surface area contributed by atoms with Crippen molar-refractivity contribution in [1.82, 2.24) is 5.32 Å². The number of aliphatic hydroxyl groups is 1. The van der Waals surface area contributed by atoms with Crippen LogP contribution in [0.4, 0.5) is 0 Å². The second kappa shape index (κ2) is 8.17. The zero-order valence-corrected chi connectivity index (χ0v) is 12.9. The molecule has 4 nitrogen and oxygen atoms in total. The molecule has 1 rings (SSSR count). The highest BCUT2D eigenvalue weighted by Crippen LogP contribution is 2.25. The number of benzene rings is 1. The van der Waals surface area contributed by atoms with E-state index in [-0.39, 0.29) is 18.6 Å². The number of ether oxygens (including phenoxy) is 1. The van der Waals surface area contributed by atoms with Gasteiger partial charge in [0.1, 0.15) is 5.75 Å². The molecule has 5 heteroatoms. The van der Waals surface area contributed by atoms with E-state index in [0.717, 1.165) is 22.2 Å². The van der Waals surface area contributed by atoms with Gasteiger partial charge in [0, 0.05) is 6.42 Å². The van der Waals surface area contributed by atoms with Crippen LogP contribution in [-0.2, 0) is 11.2 Å². The molecule has 0 aliphatic rings. The Bertz CT molecular complexity index is 419. The maximum Gasteiger partial charge on any atom is 0.220 e. The number of hydrogen-bond donors (Lipinski definition) is 2. The summed E-state index contributed by atoms with van der Waals surface area (Å²) < 4.78 is 6.04. The van der Waals surface area contributed by atoms with Crippen molar-refractivity contribution in [3.63, 3.8) is 0 Å². The van der Waals surface area contributed by atoms with E-state index in [4.69, 9.17) is 9.84 Å². The van der Waals surface area contributed by atoms with Gasteiger partial charge in [0.2, 0.25) is 5.91 Å². The van der Waals surface area contributed by atoms with Gasteiger partial charge in [0.05, 0.1) is 24.2 Å². The number of aryl methyl sites for hydroxylation is 1. The molecule has 0 spiro atoms. The monoisotopic (exact) mass is 329 g/mol. The highest BCUT2D eigenvalue weighted by Gasteiger charge is 2.09. The summed E-state index contributed by atoms with van der Waals surface area (Å²) in [5, 5.41) is 11.8. The first-order chi connectivity index (χ1) is 9.10. The van der Waals surface area contributed by atoms with E-state index in [0.29, 0.717) is 12.8 Å². The molecule has 1 atom stereocenters. The summed E-state index contributed by atoms with van der Waals surface area (Å²) in [6, 6.07) is 5.63. The van der Waals surface area contributed by atoms with Crippen LogP contribution < -0.4 is 10.1 Å². The highest BCUT2D eigenvalue weighted by atomic mass is 79.9. The SMILES string of the molecule is CC[C@H](CO)NC(=O)CCc1ccc(OC)c(Br)c1.